The molecule has 0 saturated heterocycles. The van der Waals surface area contributed by atoms with Gasteiger partial charge in [-0.1, -0.05) is 23.3 Å². The van der Waals surface area contributed by atoms with E-state index in [1.54, 1.807) is 0 Å². The number of allylic oxidation sites excluding steroid dienone is 4. The Bertz CT molecular complexity index is 157. The van der Waals surface area contributed by atoms with Crippen molar-refractivity contribution in [1.82, 2.24) is 0 Å². The molecule has 0 aromatic rings. The van der Waals surface area contributed by atoms with Crippen LogP contribution in [0.2, 0.25) is 0 Å². The molecule has 0 aliphatic carbocycles. The van der Waals surface area contributed by atoms with Crippen molar-refractivity contribution in [1.29, 1.82) is 0 Å². The standard InChI is InChI=1S/C12H22/c1-5-12(4)10-8-6-7-9-11(2)3/h5,9H,6-8,10H2,1-4H3. The van der Waals surface area contributed by atoms with Crippen LogP contribution in [0.3, 0.4) is 0 Å². The van der Waals surface area contributed by atoms with E-state index in [1.165, 1.54) is 36.8 Å². The van der Waals surface area contributed by atoms with Crippen LogP contribution in [0.5, 0.6) is 0 Å². The van der Waals surface area contributed by atoms with Crippen molar-refractivity contribution in [3.05, 3.63) is 23.3 Å². The van der Waals surface area contributed by atoms with Gasteiger partial charge in [0.1, 0.15) is 0 Å². The zero-order valence-corrected chi connectivity index (χ0v) is 8.98. The van der Waals surface area contributed by atoms with Crippen molar-refractivity contribution in [2.75, 3.05) is 0 Å². The van der Waals surface area contributed by atoms with Gasteiger partial charge in [0, 0.05) is 0 Å². The number of unbranched alkanes of at least 4 members (excludes halogenated alkanes) is 2. The molecule has 12 heavy (non-hydrogen) atoms. The van der Waals surface area contributed by atoms with Crippen molar-refractivity contribution >= 4 is 0 Å². The van der Waals surface area contributed by atoms with Crippen LogP contribution in [0, 0.1) is 0 Å². The first kappa shape index (κ1) is 11.5. The monoisotopic (exact) mass is 166 g/mol. The van der Waals surface area contributed by atoms with Gasteiger partial charge in [0.15, 0.2) is 0 Å². The average molecular weight is 166 g/mol. The van der Waals surface area contributed by atoms with Gasteiger partial charge < -0.3 is 0 Å². The Hall–Kier alpha value is -0.520. The highest BCUT2D eigenvalue weighted by atomic mass is 13.9. The highest BCUT2D eigenvalue weighted by Crippen LogP contribution is 2.08. The summed E-state index contributed by atoms with van der Waals surface area (Å²) in [5.41, 5.74) is 2.96. The van der Waals surface area contributed by atoms with Crippen LogP contribution < -0.4 is 0 Å². The van der Waals surface area contributed by atoms with Crippen molar-refractivity contribution in [3.8, 4) is 0 Å². The van der Waals surface area contributed by atoms with Gasteiger partial charge in [-0.2, -0.15) is 0 Å². The second-order valence-corrected chi connectivity index (χ2v) is 3.66. The third kappa shape index (κ3) is 7.59. The summed E-state index contributed by atoms with van der Waals surface area (Å²) in [6.07, 6.45) is 9.72. The Labute approximate surface area is 77.4 Å². The van der Waals surface area contributed by atoms with Crippen molar-refractivity contribution < 1.29 is 0 Å². The highest BCUT2D eigenvalue weighted by Gasteiger charge is 1.88. The van der Waals surface area contributed by atoms with Crippen LogP contribution in [0.15, 0.2) is 23.3 Å². The molecule has 0 bridgehead atoms. The zero-order chi connectivity index (χ0) is 9.40. The topological polar surface area (TPSA) is 0 Å². The molecule has 0 fully saturated rings. The minimum Gasteiger partial charge on any atom is -0.0887 e. The van der Waals surface area contributed by atoms with Crippen molar-refractivity contribution in [2.24, 2.45) is 0 Å². The maximum atomic E-state index is 2.32. The molecular weight excluding hydrogens is 144 g/mol. The van der Waals surface area contributed by atoms with Gasteiger partial charge in [-0.25, -0.2) is 0 Å². The lowest BCUT2D eigenvalue weighted by Crippen LogP contribution is -1.78. The first-order valence-corrected chi connectivity index (χ1v) is 4.92. The summed E-state index contributed by atoms with van der Waals surface area (Å²) in [6, 6.07) is 0. The summed E-state index contributed by atoms with van der Waals surface area (Å²) < 4.78 is 0. The molecule has 0 aromatic carbocycles. The largest absolute Gasteiger partial charge is 0.0887 e. The summed E-state index contributed by atoms with van der Waals surface area (Å²) in [7, 11) is 0. The summed E-state index contributed by atoms with van der Waals surface area (Å²) in [4.78, 5) is 0. The van der Waals surface area contributed by atoms with Crippen LogP contribution in [-0.2, 0) is 0 Å². The first-order valence-electron chi connectivity index (χ1n) is 4.92. The van der Waals surface area contributed by atoms with E-state index in [2.05, 4.69) is 39.8 Å². The predicted octanol–water partition coefficient (Wildman–Crippen LogP) is 4.48. The number of hydrogen-bond acceptors (Lipinski definition) is 0. The molecule has 0 nitrogen and oxygen atoms in total. The van der Waals surface area contributed by atoms with Crippen LogP contribution in [-0.4, -0.2) is 0 Å². The highest BCUT2D eigenvalue weighted by molar-refractivity contribution is 4.96. The molecular formula is C12H22. The summed E-state index contributed by atoms with van der Waals surface area (Å²) >= 11 is 0. The summed E-state index contributed by atoms with van der Waals surface area (Å²) in [5.74, 6) is 0. The van der Waals surface area contributed by atoms with E-state index in [1.807, 2.05) is 0 Å². The average Bonchev–Trinajstić information content (AvgIpc) is 2.03. The molecule has 0 aliphatic rings. The molecule has 0 heterocycles. The summed E-state index contributed by atoms with van der Waals surface area (Å²) in [5, 5.41) is 0. The maximum Gasteiger partial charge on any atom is -0.0323 e. The van der Waals surface area contributed by atoms with E-state index in [0.29, 0.717) is 0 Å². The lowest BCUT2D eigenvalue weighted by Gasteiger charge is -1.98. The van der Waals surface area contributed by atoms with Gasteiger partial charge in [-0.05, 0) is 53.4 Å². The van der Waals surface area contributed by atoms with E-state index in [-0.39, 0.29) is 0 Å². The smallest absolute Gasteiger partial charge is 0.0323 e. The minimum atomic E-state index is 1.25. The lowest BCUT2D eigenvalue weighted by molar-refractivity contribution is 0.739. The molecule has 0 saturated carbocycles. The molecule has 0 amide bonds. The van der Waals surface area contributed by atoms with E-state index >= 15 is 0 Å². The van der Waals surface area contributed by atoms with E-state index < -0.39 is 0 Å². The number of rotatable bonds is 5. The molecule has 0 radical (unpaired) electrons. The second kappa shape index (κ2) is 7.15. The fraction of sp³-hybridized carbons (Fsp3) is 0.667. The molecule has 0 N–H and O–H groups in total. The minimum absolute atomic E-state index is 1.25. The van der Waals surface area contributed by atoms with Gasteiger partial charge in [-0.15, -0.1) is 0 Å². The van der Waals surface area contributed by atoms with Crippen LogP contribution in [0.4, 0.5) is 0 Å². The molecule has 0 rings (SSSR count). The predicted molar refractivity (Wildman–Crippen MR) is 57.3 cm³/mol. The number of hydrogen-bond donors (Lipinski definition) is 0. The van der Waals surface area contributed by atoms with Crippen LogP contribution >= 0.6 is 0 Å². The molecule has 0 atom stereocenters. The normalized spacial score (nSPS) is 11.5. The maximum absolute atomic E-state index is 2.32. The third-order valence-electron chi connectivity index (χ3n) is 2.07. The Morgan fingerprint density at radius 3 is 2.25 bits per heavy atom. The molecule has 0 heteroatoms. The SMILES string of the molecule is CC=C(C)CCCCC=C(C)C. The van der Waals surface area contributed by atoms with Crippen LogP contribution in [0.1, 0.15) is 53.4 Å². The molecule has 70 valence electrons. The molecule has 0 aliphatic heterocycles. The Kier molecular flexibility index (Phi) is 6.84. The van der Waals surface area contributed by atoms with Crippen molar-refractivity contribution in [2.45, 2.75) is 53.4 Å². The fourth-order valence-corrected chi connectivity index (χ4v) is 1.08. The lowest BCUT2D eigenvalue weighted by atomic mass is 10.1. The van der Waals surface area contributed by atoms with Gasteiger partial charge >= 0.3 is 0 Å². The summed E-state index contributed by atoms with van der Waals surface area (Å²) in [6.45, 7) is 8.65. The first-order chi connectivity index (χ1) is 5.66. The molecule has 0 aromatic heterocycles. The van der Waals surface area contributed by atoms with Gasteiger partial charge in [0.25, 0.3) is 0 Å². The zero-order valence-electron chi connectivity index (χ0n) is 8.98. The van der Waals surface area contributed by atoms with Gasteiger partial charge in [-0.3, -0.25) is 0 Å². The van der Waals surface area contributed by atoms with Crippen molar-refractivity contribution in [3.63, 3.8) is 0 Å². The quantitative estimate of drug-likeness (QED) is 0.417. The van der Waals surface area contributed by atoms with Gasteiger partial charge in [0.05, 0.1) is 0 Å². The van der Waals surface area contributed by atoms with Gasteiger partial charge in [0.2, 0.25) is 0 Å². The molecule has 0 spiro atoms. The van der Waals surface area contributed by atoms with E-state index in [9.17, 15) is 0 Å². The Morgan fingerprint density at radius 1 is 1.08 bits per heavy atom. The Balaban J connectivity index is 3.28. The third-order valence-corrected chi connectivity index (χ3v) is 2.07. The second-order valence-electron chi connectivity index (χ2n) is 3.66. The Morgan fingerprint density at radius 2 is 1.75 bits per heavy atom. The van der Waals surface area contributed by atoms with E-state index in [4.69, 9.17) is 0 Å². The fourth-order valence-electron chi connectivity index (χ4n) is 1.08. The van der Waals surface area contributed by atoms with E-state index in [0.717, 1.165) is 0 Å². The molecule has 0 unspecified atom stereocenters. The van der Waals surface area contributed by atoms with Crippen LogP contribution in [0.25, 0.3) is 0 Å².